The van der Waals surface area contributed by atoms with Crippen molar-refractivity contribution in [1.29, 1.82) is 0 Å². The van der Waals surface area contributed by atoms with Gasteiger partial charge in [0.1, 0.15) is 5.82 Å². The molecule has 0 aromatic heterocycles. The molecule has 0 aliphatic rings. The van der Waals surface area contributed by atoms with Crippen molar-refractivity contribution >= 4 is 33.7 Å². The fourth-order valence-corrected chi connectivity index (χ4v) is 2.47. The van der Waals surface area contributed by atoms with E-state index in [0.29, 0.717) is 11.0 Å². The first-order valence-corrected chi connectivity index (χ1v) is 9.31. The molecule has 118 valence electrons. The van der Waals surface area contributed by atoms with Crippen molar-refractivity contribution in [2.45, 2.75) is 26.3 Å². The van der Waals surface area contributed by atoms with Gasteiger partial charge in [0, 0.05) is 13.1 Å². The van der Waals surface area contributed by atoms with Crippen LogP contribution in [0.25, 0.3) is 0 Å². The van der Waals surface area contributed by atoms with Crippen molar-refractivity contribution in [2.75, 3.05) is 25.1 Å². The molecular weight excluding hydrogens is 353 g/mol. The van der Waals surface area contributed by atoms with E-state index in [1.165, 1.54) is 18.2 Å². The van der Waals surface area contributed by atoms with E-state index in [9.17, 15) is 4.39 Å². The zero-order valence-electron chi connectivity index (χ0n) is 12.6. The zero-order valence-corrected chi connectivity index (χ0v) is 15.0. The number of guanidine groups is 1. The maximum atomic E-state index is 13.4. The van der Waals surface area contributed by atoms with E-state index in [-0.39, 0.29) is 5.82 Å². The Bertz CT molecular complexity index is 455. The zero-order chi connectivity index (χ0) is 15.5. The van der Waals surface area contributed by atoms with E-state index < -0.39 is 0 Å². The summed E-state index contributed by atoms with van der Waals surface area (Å²) in [7, 11) is 0. The highest BCUT2D eigenvalue weighted by Gasteiger charge is 2.01. The van der Waals surface area contributed by atoms with Gasteiger partial charge >= 0.3 is 0 Å². The van der Waals surface area contributed by atoms with Crippen molar-refractivity contribution in [3.05, 3.63) is 34.1 Å². The third kappa shape index (κ3) is 7.71. The van der Waals surface area contributed by atoms with Gasteiger partial charge in [-0.2, -0.15) is 11.8 Å². The number of thioether (sulfide) groups is 1. The Morgan fingerprint density at radius 3 is 2.81 bits per heavy atom. The maximum Gasteiger partial charge on any atom is 0.191 e. The summed E-state index contributed by atoms with van der Waals surface area (Å²) in [6, 6.07) is 5.09. The van der Waals surface area contributed by atoms with Gasteiger partial charge in [0.15, 0.2) is 5.96 Å². The summed E-state index contributed by atoms with van der Waals surface area (Å²) in [4.78, 5) is 4.48. The molecule has 2 N–H and O–H groups in total. The van der Waals surface area contributed by atoms with Crippen LogP contribution in [0.4, 0.5) is 4.39 Å². The summed E-state index contributed by atoms with van der Waals surface area (Å²) >= 11 is 5.02. The largest absolute Gasteiger partial charge is 0.357 e. The van der Waals surface area contributed by atoms with Crippen molar-refractivity contribution in [3.8, 4) is 0 Å². The molecule has 0 radical (unpaired) electrons. The van der Waals surface area contributed by atoms with Gasteiger partial charge in [0.25, 0.3) is 0 Å². The predicted molar refractivity (Wildman–Crippen MR) is 94.5 cm³/mol. The van der Waals surface area contributed by atoms with Crippen LogP contribution in [0.5, 0.6) is 0 Å². The van der Waals surface area contributed by atoms with Crippen LogP contribution in [0, 0.1) is 5.82 Å². The molecule has 21 heavy (non-hydrogen) atoms. The second-order valence-electron chi connectivity index (χ2n) is 4.57. The topological polar surface area (TPSA) is 36.4 Å². The second kappa shape index (κ2) is 10.9. The molecule has 0 unspecified atom stereocenters. The van der Waals surface area contributed by atoms with Gasteiger partial charge in [0.2, 0.25) is 0 Å². The molecular formula is C15H23BrFN3S. The van der Waals surface area contributed by atoms with Crippen LogP contribution in [-0.2, 0) is 6.54 Å². The number of aliphatic imine (C=N–C) groups is 1. The van der Waals surface area contributed by atoms with E-state index in [2.05, 4.69) is 37.8 Å². The minimum atomic E-state index is -0.252. The predicted octanol–water partition coefficient (Wildman–Crippen LogP) is 3.79. The first-order chi connectivity index (χ1) is 10.2. The standard InChI is InChI=1S/C15H23BrFN3S/c1-3-18-15(19-8-4-5-9-21-2)20-11-12-6-7-13(16)14(17)10-12/h6-7,10H,3-5,8-9,11H2,1-2H3,(H2,18,19,20). The highest BCUT2D eigenvalue weighted by Crippen LogP contribution is 2.16. The van der Waals surface area contributed by atoms with E-state index in [0.717, 1.165) is 31.0 Å². The molecule has 0 saturated carbocycles. The van der Waals surface area contributed by atoms with Crippen LogP contribution in [0.1, 0.15) is 25.3 Å². The minimum absolute atomic E-state index is 0.252. The number of halogens is 2. The Kier molecular flexibility index (Phi) is 9.50. The quantitative estimate of drug-likeness (QED) is 0.412. The molecule has 1 aromatic rings. The SMILES string of the molecule is CCNC(=NCc1ccc(Br)c(F)c1)NCCCCSC. The van der Waals surface area contributed by atoms with Crippen molar-refractivity contribution in [3.63, 3.8) is 0 Å². The lowest BCUT2D eigenvalue weighted by Gasteiger charge is -2.11. The van der Waals surface area contributed by atoms with Gasteiger partial charge in [0.05, 0.1) is 11.0 Å². The number of unbranched alkanes of at least 4 members (excludes halogenated alkanes) is 1. The third-order valence-electron chi connectivity index (χ3n) is 2.82. The summed E-state index contributed by atoms with van der Waals surface area (Å²) < 4.78 is 13.9. The summed E-state index contributed by atoms with van der Waals surface area (Å²) in [5, 5.41) is 6.50. The van der Waals surface area contributed by atoms with E-state index in [1.807, 2.05) is 24.8 Å². The lowest BCUT2D eigenvalue weighted by molar-refractivity contribution is 0.618. The van der Waals surface area contributed by atoms with E-state index in [4.69, 9.17) is 0 Å². The molecule has 1 aromatic carbocycles. The Hall–Kier alpha value is -0.750. The summed E-state index contributed by atoms with van der Waals surface area (Å²) in [6.45, 7) is 4.21. The molecule has 0 atom stereocenters. The molecule has 0 bridgehead atoms. The Labute approximate surface area is 139 Å². The van der Waals surface area contributed by atoms with Crippen LogP contribution < -0.4 is 10.6 Å². The summed E-state index contributed by atoms with van der Waals surface area (Å²) in [5.74, 6) is 1.72. The fourth-order valence-electron chi connectivity index (χ4n) is 1.73. The van der Waals surface area contributed by atoms with Crippen molar-refractivity contribution in [2.24, 2.45) is 4.99 Å². The molecule has 6 heteroatoms. The maximum absolute atomic E-state index is 13.4. The highest BCUT2D eigenvalue weighted by atomic mass is 79.9. The second-order valence-corrected chi connectivity index (χ2v) is 6.41. The van der Waals surface area contributed by atoms with E-state index in [1.54, 1.807) is 6.07 Å². The van der Waals surface area contributed by atoms with Gasteiger partial charge in [-0.25, -0.2) is 9.38 Å². The molecule has 0 aliphatic carbocycles. The molecule has 0 amide bonds. The van der Waals surface area contributed by atoms with Gasteiger partial charge in [-0.3, -0.25) is 0 Å². The lowest BCUT2D eigenvalue weighted by atomic mass is 10.2. The Morgan fingerprint density at radius 1 is 1.33 bits per heavy atom. The number of benzene rings is 1. The molecule has 3 nitrogen and oxygen atoms in total. The number of hydrogen-bond donors (Lipinski definition) is 2. The lowest BCUT2D eigenvalue weighted by Crippen LogP contribution is -2.37. The van der Waals surface area contributed by atoms with Crippen LogP contribution in [0.2, 0.25) is 0 Å². The normalized spacial score (nSPS) is 11.5. The Balaban J connectivity index is 2.48. The number of nitrogens with zero attached hydrogens (tertiary/aromatic N) is 1. The van der Waals surface area contributed by atoms with Crippen LogP contribution in [0.15, 0.2) is 27.7 Å². The molecule has 0 saturated heterocycles. The Morgan fingerprint density at radius 2 is 2.14 bits per heavy atom. The number of hydrogen-bond acceptors (Lipinski definition) is 2. The molecule has 0 spiro atoms. The molecule has 0 fully saturated rings. The summed E-state index contributed by atoms with van der Waals surface area (Å²) in [6.07, 6.45) is 4.44. The average Bonchev–Trinajstić information content (AvgIpc) is 2.48. The average molecular weight is 376 g/mol. The van der Waals surface area contributed by atoms with Gasteiger partial charge in [-0.1, -0.05) is 6.07 Å². The fraction of sp³-hybridized carbons (Fsp3) is 0.533. The molecule has 0 aliphatic heterocycles. The van der Waals surface area contributed by atoms with Crippen molar-refractivity contribution in [1.82, 2.24) is 10.6 Å². The monoisotopic (exact) mass is 375 g/mol. The number of rotatable bonds is 8. The van der Waals surface area contributed by atoms with E-state index >= 15 is 0 Å². The summed E-state index contributed by atoms with van der Waals surface area (Å²) in [5.41, 5.74) is 0.857. The first kappa shape index (κ1) is 18.3. The number of nitrogens with one attached hydrogen (secondary N) is 2. The molecule has 1 rings (SSSR count). The van der Waals surface area contributed by atoms with Gasteiger partial charge in [-0.15, -0.1) is 0 Å². The molecule has 0 heterocycles. The first-order valence-electron chi connectivity index (χ1n) is 7.12. The van der Waals surface area contributed by atoms with Crippen LogP contribution >= 0.6 is 27.7 Å². The van der Waals surface area contributed by atoms with Crippen LogP contribution in [-0.4, -0.2) is 31.1 Å². The minimum Gasteiger partial charge on any atom is -0.357 e. The van der Waals surface area contributed by atoms with Gasteiger partial charge in [-0.05, 0) is 65.4 Å². The van der Waals surface area contributed by atoms with Gasteiger partial charge < -0.3 is 10.6 Å². The van der Waals surface area contributed by atoms with Crippen LogP contribution in [0.3, 0.4) is 0 Å². The highest BCUT2D eigenvalue weighted by molar-refractivity contribution is 9.10. The van der Waals surface area contributed by atoms with Crippen molar-refractivity contribution < 1.29 is 4.39 Å². The third-order valence-corrected chi connectivity index (χ3v) is 4.16. The smallest absolute Gasteiger partial charge is 0.191 e.